The van der Waals surface area contributed by atoms with Gasteiger partial charge in [-0.1, -0.05) is 54.6 Å². The number of likely N-dealkylation sites (tertiary alicyclic amines) is 1. The van der Waals surface area contributed by atoms with Gasteiger partial charge in [0.2, 0.25) is 21.8 Å². The van der Waals surface area contributed by atoms with Crippen LogP contribution in [0.15, 0.2) is 54.6 Å². The molecule has 0 unspecified atom stereocenters. The topological polar surface area (TPSA) is 99.3 Å². The van der Waals surface area contributed by atoms with Crippen LogP contribution >= 0.6 is 0 Å². The average molecular weight is 527 g/mol. The molecule has 9 nitrogen and oxygen atoms in total. The number of sulfonamides is 1. The third-order valence-corrected chi connectivity index (χ3v) is 9.10. The van der Waals surface area contributed by atoms with Crippen LogP contribution in [0.5, 0.6) is 0 Å². The number of amides is 2. The number of carbonyl (C=O) groups is 2. The van der Waals surface area contributed by atoms with E-state index in [2.05, 4.69) is 17.4 Å². The number of hydrogen-bond donors (Lipinski definition) is 1. The van der Waals surface area contributed by atoms with E-state index in [1.165, 1.54) is 21.7 Å². The van der Waals surface area contributed by atoms with E-state index in [1.807, 2.05) is 47.4 Å². The van der Waals surface area contributed by atoms with Crippen LogP contribution in [0.2, 0.25) is 0 Å². The van der Waals surface area contributed by atoms with E-state index in [9.17, 15) is 18.0 Å². The molecule has 3 heterocycles. The van der Waals surface area contributed by atoms with E-state index in [0.29, 0.717) is 32.8 Å². The van der Waals surface area contributed by atoms with Gasteiger partial charge in [0.25, 0.3) is 0 Å². The number of hydrogen-bond acceptors (Lipinski definition) is 6. The van der Waals surface area contributed by atoms with Gasteiger partial charge in [-0.25, -0.2) is 8.42 Å². The highest BCUT2D eigenvalue weighted by molar-refractivity contribution is 7.88. The smallest absolute Gasteiger partial charge is 0.244 e. The molecule has 2 amide bonds. The van der Waals surface area contributed by atoms with Crippen molar-refractivity contribution in [3.63, 3.8) is 0 Å². The van der Waals surface area contributed by atoms with Gasteiger partial charge in [-0.2, -0.15) is 4.31 Å². The molecule has 5 rings (SSSR count). The summed E-state index contributed by atoms with van der Waals surface area (Å²) in [5.41, 5.74) is 2.94. The highest BCUT2D eigenvalue weighted by atomic mass is 32.2. The number of piperazine rings is 1. The Kier molecular flexibility index (Phi) is 7.35. The number of fused-ring (bicyclic) bond motifs is 2. The third-order valence-electron chi connectivity index (χ3n) is 7.79. The van der Waals surface area contributed by atoms with Crippen molar-refractivity contribution in [2.45, 2.75) is 31.1 Å². The quantitative estimate of drug-likeness (QED) is 0.612. The van der Waals surface area contributed by atoms with Crippen LogP contribution in [0, 0.1) is 0 Å². The van der Waals surface area contributed by atoms with Gasteiger partial charge in [0.15, 0.2) is 0 Å². The average Bonchev–Trinajstić information content (AvgIpc) is 3.27. The monoisotopic (exact) mass is 526 g/mol. The number of rotatable bonds is 6. The van der Waals surface area contributed by atoms with Crippen LogP contribution in [0.1, 0.15) is 35.6 Å². The molecule has 0 saturated carbocycles. The Morgan fingerprint density at radius 3 is 2.24 bits per heavy atom. The van der Waals surface area contributed by atoms with Crippen molar-refractivity contribution in [3.05, 3.63) is 71.3 Å². The lowest BCUT2D eigenvalue weighted by atomic mass is 9.84. The lowest BCUT2D eigenvalue weighted by Crippen LogP contribution is -2.53. The van der Waals surface area contributed by atoms with E-state index in [4.69, 9.17) is 4.74 Å². The molecular formula is C27H34N4O5S. The molecule has 0 radical (unpaired) electrons. The molecule has 1 N–H and O–H groups in total. The second-order valence-corrected chi connectivity index (χ2v) is 12.0. The number of nitrogens with one attached hydrogen (secondary N) is 1. The molecule has 2 fully saturated rings. The minimum atomic E-state index is -3.29. The molecule has 37 heavy (non-hydrogen) atoms. The molecule has 10 heteroatoms. The normalized spacial score (nSPS) is 20.6. The summed E-state index contributed by atoms with van der Waals surface area (Å²) in [5.74, 6) is -0.197. The summed E-state index contributed by atoms with van der Waals surface area (Å²) >= 11 is 0. The Balaban J connectivity index is 1.21. The van der Waals surface area contributed by atoms with Crippen molar-refractivity contribution in [3.8, 4) is 0 Å². The fraction of sp³-hybridized carbons (Fsp3) is 0.481. The standard InChI is InChI=1S/C27H34N4O5S/c1-37(34,35)31-17-15-30(16-18-31)26(33)25(21-7-3-2-4-8-21)28-19-24(32)29-13-11-27(12-14-29)23-10-6-5-9-22(23)20-36-27/h2-10,25,28H,11-20H2,1H3/t25-/m1/s1. The van der Waals surface area contributed by atoms with Gasteiger partial charge in [0.1, 0.15) is 6.04 Å². The Bertz CT molecular complexity index is 1240. The Hall–Kier alpha value is -2.79. The molecular weight excluding hydrogens is 492 g/mol. The maximum absolute atomic E-state index is 13.5. The second-order valence-electron chi connectivity index (χ2n) is 10.0. The largest absolute Gasteiger partial charge is 0.365 e. The summed E-state index contributed by atoms with van der Waals surface area (Å²) in [6.07, 6.45) is 2.69. The van der Waals surface area contributed by atoms with Gasteiger partial charge in [0, 0.05) is 39.3 Å². The Morgan fingerprint density at radius 2 is 1.57 bits per heavy atom. The Labute approximate surface area is 218 Å². The molecule has 0 aromatic heterocycles. The zero-order valence-electron chi connectivity index (χ0n) is 21.1. The van der Waals surface area contributed by atoms with Crippen LogP contribution < -0.4 is 5.32 Å². The first-order valence-electron chi connectivity index (χ1n) is 12.8. The summed E-state index contributed by atoms with van der Waals surface area (Å²) < 4.78 is 31.3. The SMILES string of the molecule is CS(=O)(=O)N1CCN(C(=O)[C@H](NCC(=O)N2CCC3(CC2)OCc2ccccc23)c2ccccc2)CC1. The summed E-state index contributed by atoms with van der Waals surface area (Å²) in [5, 5.41) is 3.20. The van der Waals surface area contributed by atoms with Crippen LogP contribution in [0.25, 0.3) is 0 Å². The molecule has 2 saturated heterocycles. The maximum Gasteiger partial charge on any atom is 0.244 e. The first-order valence-corrected chi connectivity index (χ1v) is 14.6. The van der Waals surface area contributed by atoms with Gasteiger partial charge in [0.05, 0.1) is 25.0 Å². The van der Waals surface area contributed by atoms with Crippen LogP contribution in [0.3, 0.4) is 0 Å². The highest BCUT2D eigenvalue weighted by Gasteiger charge is 2.43. The maximum atomic E-state index is 13.5. The molecule has 198 valence electrons. The minimum Gasteiger partial charge on any atom is -0.365 e. The van der Waals surface area contributed by atoms with Gasteiger partial charge in [-0.15, -0.1) is 0 Å². The van der Waals surface area contributed by atoms with E-state index in [-0.39, 0.29) is 37.0 Å². The highest BCUT2D eigenvalue weighted by Crippen LogP contribution is 2.43. The molecule has 3 aliphatic heterocycles. The van der Waals surface area contributed by atoms with Crippen molar-refractivity contribution in [2.24, 2.45) is 0 Å². The van der Waals surface area contributed by atoms with Gasteiger partial charge in [-0.3, -0.25) is 14.9 Å². The number of ether oxygens (including phenoxy) is 1. The van der Waals surface area contributed by atoms with Crippen LogP contribution in [-0.2, 0) is 36.6 Å². The van der Waals surface area contributed by atoms with Crippen LogP contribution in [-0.4, -0.2) is 86.4 Å². The first-order chi connectivity index (χ1) is 17.8. The molecule has 1 spiro atoms. The number of carbonyl (C=O) groups excluding carboxylic acids is 2. The van der Waals surface area contributed by atoms with E-state index < -0.39 is 16.1 Å². The van der Waals surface area contributed by atoms with Crippen LogP contribution in [0.4, 0.5) is 0 Å². The van der Waals surface area contributed by atoms with Crippen molar-refractivity contribution in [1.82, 2.24) is 19.4 Å². The zero-order chi connectivity index (χ0) is 26.0. The molecule has 2 aromatic carbocycles. The Morgan fingerprint density at radius 1 is 0.919 bits per heavy atom. The van der Waals surface area contributed by atoms with Gasteiger partial charge < -0.3 is 14.5 Å². The first kappa shape index (κ1) is 25.8. The van der Waals surface area contributed by atoms with E-state index in [1.54, 1.807) is 4.90 Å². The van der Waals surface area contributed by atoms with E-state index >= 15 is 0 Å². The predicted molar refractivity (Wildman–Crippen MR) is 139 cm³/mol. The molecule has 2 aromatic rings. The second kappa shape index (κ2) is 10.5. The summed E-state index contributed by atoms with van der Waals surface area (Å²) in [4.78, 5) is 30.2. The van der Waals surface area contributed by atoms with Crippen molar-refractivity contribution in [2.75, 3.05) is 52.1 Å². The van der Waals surface area contributed by atoms with Crippen molar-refractivity contribution < 1.29 is 22.7 Å². The third kappa shape index (κ3) is 5.43. The number of nitrogens with zero attached hydrogens (tertiary/aromatic N) is 3. The lowest BCUT2D eigenvalue weighted by Gasteiger charge is -2.39. The fourth-order valence-electron chi connectivity index (χ4n) is 5.63. The number of piperidine rings is 1. The lowest BCUT2D eigenvalue weighted by molar-refractivity contribution is -0.138. The molecule has 0 aliphatic carbocycles. The van der Waals surface area contributed by atoms with Gasteiger partial charge in [-0.05, 0) is 29.5 Å². The van der Waals surface area contributed by atoms with Crippen molar-refractivity contribution >= 4 is 21.8 Å². The van der Waals surface area contributed by atoms with Gasteiger partial charge >= 0.3 is 0 Å². The van der Waals surface area contributed by atoms with E-state index in [0.717, 1.165) is 18.4 Å². The molecule has 0 bridgehead atoms. The molecule has 3 aliphatic rings. The summed E-state index contributed by atoms with van der Waals surface area (Å²) in [6.45, 7) is 3.04. The minimum absolute atomic E-state index is 0.0407. The van der Waals surface area contributed by atoms with Crippen molar-refractivity contribution in [1.29, 1.82) is 0 Å². The predicted octanol–water partition coefficient (Wildman–Crippen LogP) is 1.47. The summed E-state index contributed by atoms with van der Waals surface area (Å²) in [7, 11) is -3.29. The fourth-order valence-corrected chi connectivity index (χ4v) is 6.46. The zero-order valence-corrected chi connectivity index (χ0v) is 22.0. The molecule has 1 atom stereocenters. The summed E-state index contributed by atoms with van der Waals surface area (Å²) in [6, 6.07) is 17.0. The number of benzene rings is 2.